The van der Waals surface area contributed by atoms with E-state index in [9.17, 15) is 4.79 Å². The number of aryl methyl sites for hydroxylation is 1. The predicted octanol–water partition coefficient (Wildman–Crippen LogP) is 3.24. The molecule has 0 radical (unpaired) electrons. The van der Waals surface area contributed by atoms with Crippen LogP contribution in [-0.2, 0) is 4.79 Å². The fraction of sp³-hybridized carbons (Fsp3) is 0.412. The lowest BCUT2D eigenvalue weighted by atomic mass is 10.1. The van der Waals surface area contributed by atoms with Crippen LogP contribution in [0.15, 0.2) is 18.2 Å². The van der Waals surface area contributed by atoms with E-state index in [1.54, 1.807) is 0 Å². The molecular weight excluding hydrogens is 294 g/mol. The number of H-pyrrole nitrogens is 1. The van der Waals surface area contributed by atoms with E-state index < -0.39 is 0 Å². The monoisotopic (exact) mass is 313 g/mol. The average Bonchev–Trinajstić information content (AvgIpc) is 3.28. The molecule has 0 unspecified atom stereocenters. The van der Waals surface area contributed by atoms with Gasteiger partial charge in [-0.05, 0) is 38.0 Å². The zero-order valence-corrected chi connectivity index (χ0v) is 13.0. The van der Waals surface area contributed by atoms with E-state index in [-0.39, 0.29) is 18.6 Å². The van der Waals surface area contributed by atoms with Crippen LogP contribution in [0.25, 0.3) is 11.3 Å². The molecule has 6 heteroatoms. The number of nitrogens with zero attached hydrogens (tertiary/aromatic N) is 1. The Bertz CT molecular complexity index is 748. The largest absolute Gasteiger partial charge is 0.454 e. The predicted molar refractivity (Wildman–Crippen MR) is 85.5 cm³/mol. The maximum Gasteiger partial charge on any atom is 0.231 e. The Labute approximate surface area is 134 Å². The second-order valence-corrected chi connectivity index (χ2v) is 6.11. The smallest absolute Gasteiger partial charge is 0.231 e. The summed E-state index contributed by atoms with van der Waals surface area (Å²) in [5, 5.41) is 10.4. The summed E-state index contributed by atoms with van der Waals surface area (Å²) in [6, 6.07) is 5.68. The number of amides is 1. The first-order valence-electron chi connectivity index (χ1n) is 7.98. The lowest BCUT2D eigenvalue weighted by Crippen LogP contribution is -2.20. The lowest BCUT2D eigenvalue weighted by molar-refractivity contribution is -0.119. The summed E-state index contributed by atoms with van der Waals surface area (Å²) in [6.45, 7) is 2.15. The molecule has 2 aliphatic rings. The number of aromatic nitrogens is 2. The maximum atomic E-state index is 12.4. The topological polar surface area (TPSA) is 76.2 Å². The van der Waals surface area contributed by atoms with Crippen LogP contribution in [0.5, 0.6) is 11.5 Å². The van der Waals surface area contributed by atoms with Gasteiger partial charge in [-0.2, -0.15) is 5.10 Å². The molecular formula is C17H19N3O3. The molecule has 1 aliphatic heterocycles. The molecule has 1 aromatic heterocycles. The van der Waals surface area contributed by atoms with E-state index in [1.165, 1.54) is 0 Å². The normalized spacial score (nSPS) is 16.7. The Morgan fingerprint density at radius 2 is 2.04 bits per heavy atom. The van der Waals surface area contributed by atoms with Crippen molar-refractivity contribution in [3.05, 3.63) is 23.9 Å². The number of rotatable bonds is 3. The Kier molecular flexibility index (Phi) is 3.44. The van der Waals surface area contributed by atoms with Crippen LogP contribution in [0.4, 0.5) is 5.69 Å². The van der Waals surface area contributed by atoms with E-state index in [2.05, 4.69) is 15.5 Å². The molecule has 23 heavy (non-hydrogen) atoms. The number of fused-ring (bicyclic) bond motifs is 1. The van der Waals surface area contributed by atoms with E-state index >= 15 is 0 Å². The third kappa shape index (κ3) is 2.54. The second-order valence-electron chi connectivity index (χ2n) is 6.11. The molecule has 6 nitrogen and oxygen atoms in total. The van der Waals surface area contributed by atoms with E-state index in [0.717, 1.165) is 54.1 Å². The third-order valence-electron chi connectivity index (χ3n) is 4.57. The van der Waals surface area contributed by atoms with Gasteiger partial charge in [-0.25, -0.2) is 0 Å². The number of ether oxygens (including phenoxy) is 2. The van der Waals surface area contributed by atoms with E-state index in [0.29, 0.717) is 5.75 Å². The molecule has 1 aromatic carbocycles. The van der Waals surface area contributed by atoms with E-state index in [1.807, 2.05) is 25.1 Å². The Hall–Kier alpha value is -2.50. The van der Waals surface area contributed by atoms with Gasteiger partial charge in [0.1, 0.15) is 5.69 Å². The molecule has 1 saturated carbocycles. The van der Waals surface area contributed by atoms with Crippen molar-refractivity contribution < 1.29 is 14.3 Å². The first kappa shape index (κ1) is 14.1. The fourth-order valence-electron chi connectivity index (χ4n) is 3.25. The van der Waals surface area contributed by atoms with Crippen LogP contribution in [0.3, 0.4) is 0 Å². The molecule has 1 aliphatic carbocycles. The summed E-state index contributed by atoms with van der Waals surface area (Å²) in [7, 11) is 0. The van der Waals surface area contributed by atoms with Crippen molar-refractivity contribution in [2.24, 2.45) is 5.92 Å². The van der Waals surface area contributed by atoms with Gasteiger partial charge < -0.3 is 14.8 Å². The van der Waals surface area contributed by atoms with Crippen molar-refractivity contribution in [3.8, 4) is 22.8 Å². The minimum atomic E-state index is 0.0917. The van der Waals surface area contributed by atoms with Crippen LogP contribution in [-0.4, -0.2) is 22.9 Å². The van der Waals surface area contributed by atoms with Crippen molar-refractivity contribution in [2.75, 3.05) is 12.1 Å². The molecule has 0 atom stereocenters. The highest BCUT2D eigenvalue weighted by Gasteiger charge is 2.25. The molecule has 0 saturated heterocycles. The third-order valence-corrected chi connectivity index (χ3v) is 4.57. The van der Waals surface area contributed by atoms with Crippen LogP contribution >= 0.6 is 0 Å². The summed E-state index contributed by atoms with van der Waals surface area (Å²) in [5.41, 5.74) is 3.22. The highest BCUT2D eigenvalue weighted by Crippen LogP contribution is 2.38. The van der Waals surface area contributed by atoms with Gasteiger partial charge in [-0.3, -0.25) is 9.89 Å². The van der Waals surface area contributed by atoms with Gasteiger partial charge in [0.2, 0.25) is 12.7 Å². The first-order valence-corrected chi connectivity index (χ1v) is 7.98. The zero-order valence-electron chi connectivity index (χ0n) is 13.0. The summed E-state index contributed by atoms with van der Waals surface area (Å²) < 4.78 is 10.8. The molecule has 0 spiro atoms. The van der Waals surface area contributed by atoms with Gasteiger partial charge in [0.25, 0.3) is 0 Å². The summed E-state index contributed by atoms with van der Waals surface area (Å²) >= 11 is 0. The number of hydrogen-bond acceptors (Lipinski definition) is 4. The Morgan fingerprint density at radius 3 is 2.87 bits per heavy atom. The quantitative estimate of drug-likeness (QED) is 0.912. The van der Waals surface area contributed by atoms with Gasteiger partial charge in [-0.1, -0.05) is 12.8 Å². The molecule has 0 bridgehead atoms. The van der Waals surface area contributed by atoms with Gasteiger partial charge >= 0.3 is 0 Å². The number of nitrogens with one attached hydrogen (secondary N) is 2. The number of benzene rings is 1. The molecule has 1 amide bonds. The number of hydrogen-bond donors (Lipinski definition) is 2. The van der Waals surface area contributed by atoms with Crippen molar-refractivity contribution >= 4 is 11.6 Å². The molecule has 1 fully saturated rings. The SMILES string of the molecule is Cc1[nH]nc(-c2ccc3c(c2)OCO3)c1NC(=O)C1CCCC1. The zero-order chi connectivity index (χ0) is 15.8. The number of aromatic amines is 1. The maximum absolute atomic E-state index is 12.4. The number of anilines is 1. The van der Waals surface area contributed by atoms with Crippen molar-refractivity contribution in [1.29, 1.82) is 0 Å². The minimum Gasteiger partial charge on any atom is -0.454 e. The summed E-state index contributed by atoms with van der Waals surface area (Å²) in [4.78, 5) is 12.4. The standard InChI is InChI=1S/C17H19N3O3/c1-10-15(18-17(21)11-4-2-3-5-11)16(20-19-10)12-6-7-13-14(8-12)23-9-22-13/h6-8,11H,2-5,9H2,1H3,(H,18,21)(H,19,20). The number of carbonyl (C=O) groups excluding carboxylic acids is 1. The lowest BCUT2D eigenvalue weighted by Gasteiger charge is -2.11. The Balaban J connectivity index is 1.63. The van der Waals surface area contributed by atoms with Crippen LogP contribution < -0.4 is 14.8 Å². The van der Waals surface area contributed by atoms with Crippen LogP contribution in [0, 0.1) is 12.8 Å². The highest BCUT2D eigenvalue weighted by molar-refractivity contribution is 5.97. The average molecular weight is 313 g/mol. The fourth-order valence-corrected chi connectivity index (χ4v) is 3.25. The Morgan fingerprint density at radius 1 is 1.26 bits per heavy atom. The van der Waals surface area contributed by atoms with Gasteiger partial charge in [0, 0.05) is 11.5 Å². The van der Waals surface area contributed by atoms with Crippen molar-refractivity contribution in [3.63, 3.8) is 0 Å². The van der Waals surface area contributed by atoms with E-state index in [4.69, 9.17) is 9.47 Å². The van der Waals surface area contributed by atoms with Crippen LogP contribution in [0.2, 0.25) is 0 Å². The highest BCUT2D eigenvalue weighted by atomic mass is 16.7. The first-order chi connectivity index (χ1) is 11.2. The molecule has 2 aromatic rings. The molecule has 4 rings (SSSR count). The second kappa shape index (κ2) is 5.61. The van der Waals surface area contributed by atoms with Gasteiger partial charge in [-0.15, -0.1) is 0 Å². The minimum absolute atomic E-state index is 0.0917. The molecule has 2 heterocycles. The molecule has 2 N–H and O–H groups in total. The van der Waals surface area contributed by atoms with Crippen molar-refractivity contribution in [2.45, 2.75) is 32.6 Å². The van der Waals surface area contributed by atoms with Gasteiger partial charge in [0.15, 0.2) is 11.5 Å². The number of carbonyl (C=O) groups is 1. The summed E-state index contributed by atoms with van der Waals surface area (Å²) in [6.07, 6.45) is 4.22. The van der Waals surface area contributed by atoms with Gasteiger partial charge in [0.05, 0.1) is 11.4 Å². The molecule has 120 valence electrons. The summed E-state index contributed by atoms with van der Waals surface area (Å²) in [5.74, 6) is 1.65. The van der Waals surface area contributed by atoms with Crippen molar-refractivity contribution in [1.82, 2.24) is 10.2 Å². The van der Waals surface area contributed by atoms with Crippen LogP contribution in [0.1, 0.15) is 31.4 Å².